The van der Waals surface area contributed by atoms with Crippen molar-refractivity contribution in [3.05, 3.63) is 65.4 Å². The molecule has 1 aromatic heterocycles. The first-order chi connectivity index (χ1) is 12.6. The van der Waals surface area contributed by atoms with E-state index in [2.05, 4.69) is 10.5 Å². The largest absolute Gasteiger partial charge is 0.494 e. The van der Waals surface area contributed by atoms with Crippen LogP contribution >= 0.6 is 0 Å². The molecule has 2 aromatic carbocycles. The van der Waals surface area contributed by atoms with E-state index in [0.29, 0.717) is 23.5 Å². The van der Waals surface area contributed by atoms with E-state index in [9.17, 15) is 9.59 Å². The predicted molar refractivity (Wildman–Crippen MR) is 95.8 cm³/mol. The minimum atomic E-state index is -1.00. The Kier molecular flexibility index (Phi) is 4.98. The lowest BCUT2D eigenvalue weighted by Gasteiger charge is -2.00. The molecule has 3 aromatic rings. The van der Waals surface area contributed by atoms with Gasteiger partial charge in [0.05, 0.1) is 18.4 Å². The second-order valence-corrected chi connectivity index (χ2v) is 5.37. The number of carboxylic acid groups (broad SMARTS) is 1. The standard InChI is InChI=1S/C19H16N2O5/c1-2-25-15-7-8-16-14(9-15)10-17(26-16)18(22)21-20-11-12-3-5-13(6-4-12)19(23)24/h3-11H,2H2,1H3,(H,21,22)(H,23,24)/b20-11+. The number of amides is 1. The number of hydrazone groups is 1. The predicted octanol–water partition coefficient (Wildman–Crippen LogP) is 3.29. The summed E-state index contributed by atoms with van der Waals surface area (Å²) in [6.45, 7) is 2.45. The van der Waals surface area contributed by atoms with E-state index in [4.69, 9.17) is 14.3 Å². The van der Waals surface area contributed by atoms with Gasteiger partial charge in [0.15, 0.2) is 5.76 Å². The molecule has 0 aliphatic heterocycles. The van der Waals surface area contributed by atoms with Crippen molar-refractivity contribution in [2.24, 2.45) is 5.10 Å². The molecule has 0 saturated carbocycles. The molecule has 1 heterocycles. The molecule has 0 aliphatic carbocycles. The minimum Gasteiger partial charge on any atom is -0.494 e. The van der Waals surface area contributed by atoms with Crippen molar-refractivity contribution >= 4 is 29.1 Å². The Labute approximate surface area is 148 Å². The van der Waals surface area contributed by atoms with Crippen LogP contribution in [0.5, 0.6) is 5.75 Å². The van der Waals surface area contributed by atoms with Gasteiger partial charge >= 0.3 is 11.9 Å². The second kappa shape index (κ2) is 7.52. The molecule has 0 fully saturated rings. The van der Waals surface area contributed by atoms with Gasteiger partial charge in [-0.2, -0.15) is 5.10 Å². The Balaban J connectivity index is 1.67. The lowest BCUT2D eigenvalue weighted by molar-refractivity contribution is 0.0696. The maximum absolute atomic E-state index is 12.1. The molecule has 26 heavy (non-hydrogen) atoms. The third kappa shape index (κ3) is 3.89. The van der Waals surface area contributed by atoms with Crippen LogP contribution in [0, 0.1) is 0 Å². The summed E-state index contributed by atoms with van der Waals surface area (Å²) in [6, 6.07) is 13.0. The molecule has 3 rings (SSSR count). The highest BCUT2D eigenvalue weighted by Gasteiger charge is 2.12. The quantitative estimate of drug-likeness (QED) is 0.524. The van der Waals surface area contributed by atoms with Crippen molar-refractivity contribution in [2.75, 3.05) is 6.61 Å². The topological polar surface area (TPSA) is 101 Å². The molecule has 2 N–H and O–H groups in total. The molecule has 7 nitrogen and oxygen atoms in total. The Morgan fingerprint density at radius 3 is 2.65 bits per heavy atom. The average molecular weight is 352 g/mol. The number of carbonyl (C=O) groups excluding carboxylic acids is 1. The summed E-state index contributed by atoms with van der Waals surface area (Å²) in [5.74, 6) is -0.653. The van der Waals surface area contributed by atoms with E-state index < -0.39 is 11.9 Å². The zero-order valence-corrected chi connectivity index (χ0v) is 13.9. The van der Waals surface area contributed by atoms with Gasteiger partial charge in [-0.05, 0) is 48.9 Å². The van der Waals surface area contributed by atoms with Crippen LogP contribution in [-0.2, 0) is 0 Å². The van der Waals surface area contributed by atoms with Gasteiger partial charge in [0.2, 0.25) is 0 Å². The number of hydrogen-bond donors (Lipinski definition) is 2. The van der Waals surface area contributed by atoms with Crippen LogP contribution in [-0.4, -0.2) is 29.8 Å². The molecule has 0 aliphatic rings. The van der Waals surface area contributed by atoms with Crippen molar-refractivity contribution in [2.45, 2.75) is 6.92 Å². The summed E-state index contributed by atoms with van der Waals surface area (Å²) in [5.41, 5.74) is 3.78. The molecule has 1 amide bonds. The number of carbonyl (C=O) groups is 2. The van der Waals surface area contributed by atoms with Gasteiger partial charge in [-0.15, -0.1) is 0 Å². The van der Waals surface area contributed by atoms with Gasteiger partial charge in [0.25, 0.3) is 0 Å². The van der Waals surface area contributed by atoms with Gasteiger partial charge in [-0.3, -0.25) is 4.79 Å². The van der Waals surface area contributed by atoms with Gasteiger partial charge in [-0.1, -0.05) is 12.1 Å². The van der Waals surface area contributed by atoms with Crippen LogP contribution in [0.15, 0.2) is 58.0 Å². The highest BCUT2D eigenvalue weighted by atomic mass is 16.5. The van der Waals surface area contributed by atoms with Gasteiger partial charge in [-0.25, -0.2) is 10.2 Å². The second-order valence-electron chi connectivity index (χ2n) is 5.37. The zero-order valence-electron chi connectivity index (χ0n) is 13.9. The normalized spacial score (nSPS) is 11.0. The number of rotatable bonds is 6. The fraction of sp³-hybridized carbons (Fsp3) is 0.105. The van der Waals surface area contributed by atoms with Gasteiger partial charge in [0, 0.05) is 5.39 Å². The summed E-state index contributed by atoms with van der Waals surface area (Å²) in [5, 5.41) is 13.5. The first-order valence-electron chi connectivity index (χ1n) is 7.90. The number of furan rings is 1. The number of nitrogens with one attached hydrogen (secondary N) is 1. The number of fused-ring (bicyclic) bond motifs is 1. The minimum absolute atomic E-state index is 0.132. The van der Waals surface area contributed by atoms with Crippen molar-refractivity contribution in [3.63, 3.8) is 0 Å². The van der Waals surface area contributed by atoms with Crippen LogP contribution in [0.2, 0.25) is 0 Å². The maximum Gasteiger partial charge on any atom is 0.335 e. The third-order valence-electron chi connectivity index (χ3n) is 3.56. The molecule has 0 radical (unpaired) electrons. The van der Waals surface area contributed by atoms with E-state index in [1.54, 1.807) is 36.4 Å². The average Bonchev–Trinajstić information content (AvgIpc) is 3.06. The van der Waals surface area contributed by atoms with Crippen molar-refractivity contribution in [1.29, 1.82) is 0 Å². The van der Waals surface area contributed by atoms with Crippen LogP contribution in [0.4, 0.5) is 0 Å². The van der Waals surface area contributed by atoms with E-state index in [1.807, 2.05) is 6.92 Å². The highest BCUT2D eigenvalue weighted by molar-refractivity contribution is 5.97. The fourth-order valence-electron chi connectivity index (χ4n) is 2.32. The van der Waals surface area contributed by atoms with Crippen LogP contribution in [0.3, 0.4) is 0 Å². The third-order valence-corrected chi connectivity index (χ3v) is 3.56. The molecule has 132 valence electrons. The molecule has 0 unspecified atom stereocenters. The Morgan fingerprint density at radius 1 is 1.19 bits per heavy atom. The first kappa shape index (κ1) is 17.2. The Bertz CT molecular complexity index is 973. The van der Waals surface area contributed by atoms with Crippen molar-refractivity contribution in [1.82, 2.24) is 5.43 Å². The summed E-state index contributed by atoms with van der Waals surface area (Å²) in [6.07, 6.45) is 1.42. The van der Waals surface area contributed by atoms with Crippen LogP contribution in [0.25, 0.3) is 11.0 Å². The van der Waals surface area contributed by atoms with E-state index >= 15 is 0 Å². The monoisotopic (exact) mass is 352 g/mol. The number of aromatic carboxylic acids is 1. The fourth-order valence-corrected chi connectivity index (χ4v) is 2.32. The van der Waals surface area contributed by atoms with E-state index in [0.717, 1.165) is 5.39 Å². The van der Waals surface area contributed by atoms with Gasteiger partial charge in [0.1, 0.15) is 11.3 Å². The molecular weight excluding hydrogens is 336 g/mol. The Morgan fingerprint density at radius 2 is 1.96 bits per heavy atom. The lowest BCUT2D eigenvalue weighted by atomic mass is 10.1. The zero-order chi connectivity index (χ0) is 18.5. The van der Waals surface area contributed by atoms with E-state index in [-0.39, 0.29) is 11.3 Å². The molecule has 0 saturated heterocycles. The van der Waals surface area contributed by atoms with Gasteiger partial charge < -0.3 is 14.3 Å². The maximum atomic E-state index is 12.1. The summed E-state index contributed by atoms with van der Waals surface area (Å²) >= 11 is 0. The van der Waals surface area contributed by atoms with Crippen LogP contribution < -0.4 is 10.2 Å². The highest BCUT2D eigenvalue weighted by Crippen LogP contribution is 2.24. The first-order valence-corrected chi connectivity index (χ1v) is 7.90. The Hall–Kier alpha value is -3.61. The molecule has 0 atom stereocenters. The van der Waals surface area contributed by atoms with Crippen LogP contribution in [0.1, 0.15) is 33.4 Å². The lowest BCUT2D eigenvalue weighted by Crippen LogP contribution is -2.16. The number of nitrogens with zero attached hydrogens (tertiary/aromatic N) is 1. The molecule has 0 bridgehead atoms. The molecule has 7 heteroatoms. The smallest absolute Gasteiger partial charge is 0.335 e. The molecule has 0 spiro atoms. The van der Waals surface area contributed by atoms with Crippen molar-refractivity contribution < 1.29 is 23.8 Å². The number of ether oxygens (including phenoxy) is 1. The number of carboxylic acids is 1. The molecular formula is C19H16N2O5. The summed E-state index contributed by atoms with van der Waals surface area (Å²) in [7, 11) is 0. The SMILES string of the molecule is CCOc1ccc2oc(C(=O)N/N=C/c3ccc(C(=O)O)cc3)cc2c1. The summed E-state index contributed by atoms with van der Waals surface area (Å²) in [4.78, 5) is 22.9. The number of hydrogen-bond acceptors (Lipinski definition) is 5. The summed E-state index contributed by atoms with van der Waals surface area (Å²) < 4.78 is 10.9. The number of benzene rings is 2. The van der Waals surface area contributed by atoms with Crippen molar-refractivity contribution in [3.8, 4) is 5.75 Å². The van der Waals surface area contributed by atoms with E-state index in [1.165, 1.54) is 18.3 Å².